The van der Waals surface area contributed by atoms with Gasteiger partial charge in [-0.15, -0.1) is 24.0 Å². The average Bonchev–Trinajstić information content (AvgIpc) is 2.50. The molecule has 1 heterocycles. The molecule has 0 bridgehead atoms. The third-order valence-electron chi connectivity index (χ3n) is 4.24. The number of halogens is 1. The number of rotatable bonds is 7. The highest BCUT2D eigenvalue weighted by molar-refractivity contribution is 14.0. The van der Waals surface area contributed by atoms with E-state index in [1.807, 2.05) is 13.8 Å². The summed E-state index contributed by atoms with van der Waals surface area (Å²) in [5, 5.41) is 6.75. The Bertz CT molecular complexity index is 343. The van der Waals surface area contributed by atoms with E-state index in [0.717, 1.165) is 45.2 Å². The maximum absolute atomic E-state index is 5.42. The van der Waals surface area contributed by atoms with Crippen molar-refractivity contribution in [2.75, 3.05) is 60.0 Å². The Hall–Kier alpha value is -0.120. The molecule has 1 saturated heterocycles. The summed E-state index contributed by atoms with van der Waals surface area (Å²) < 4.78 is 5.42. The van der Waals surface area contributed by atoms with Crippen LogP contribution in [-0.2, 0) is 4.74 Å². The maximum Gasteiger partial charge on any atom is 0.191 e. The topological polar surface area (TPSA) is 52.1 Å². The van der Waals surface area contributed by atoms with Crippen molar-refractivity contribution in [2.24, 2.45) is 4.99 Å². The molecule has 1 aliphatic heterocycles. The zero-order valence-corrected chi connectivity index (χ0v) is 18.0. The molecule has 0 aliphatic carbocycles. The number of hydrogen-bond donors (Lipinski definition) is 2. The molecule has 0 amide bonds. The average molecular weight is 441 g/mol. The van der Waals surface area contributed by atoms with Gasteiger partial charge in [0.15, 0.2) is 5.96 Å². The fraction of sp³-hybridized carbons (Fsp3) is 0.938. The lowest BCUT2D eigenvalue weighted by Gasteiger charge is -2.36. The Balaban J connectivity index is 0.00000484. The molecule has 1 aliphatic rings. The number of likely N-dealkylation sites (N-methyl/N-ethyl adjacent to an activating group) is 1. The fourth-order valence-corrected chi connectivity index (χ4v) is 2.31. The van der Waals surface area contributed by atoms with E-state index >= 15 is 0 Å². The van der Waals surface area contributed by atoms with Crippen LogP contribution < -0.4 is 10.6 Å². The second-order valence-corrected chi connectivity index (χ2v) is 6.73. The molecule has 7 heteroatoms. The SMILES string of the molecule is CCNC(=NCC(C)(C)OC)NCC(C)N1CCN(C)CC1.I. The molecular formula is C16H36IN5O. The molecule has 0 saturated carbocycles. The largest absolute Gasteiger partial charge is 0.377 e. The predicted octanol–water partition coefficient (Wildman–Crippen LogP) is 1.22. The molecule has 1 rings (SSSR count). The van der Waals surface area contributed by atoms with Gasteiger partial charge >= 0.3 is 0 Å². The number of piperazine rings is 1. The summed E-state index contributed by atoms with van der Waals surface area (Å²) >= 11 is 0. The smallest absolute Gasteiger partial charge is 0.191 e. The molecule has 1 unspecified atom stereocenters. The molecule has 1 fully saturated rings. The Labute approximate surface area is 159 Å². The summed E-state index contributed by atoms with van der Waals surface area (Å²) in [7, 11) is 3.92. The number of hydrogen-bond acceptors (Lipinski definition) is 4. The lowest BCUT2D eigenvalue weighted by Crippen LogP contribution is -2.52. The monoisotopic (exact) mass is 441 g/mol. The van der Waals surface area contributed by atoms with Crippen LogP contribution in [0.4, 0.5) is 0 Å². The van der Waals surface area contributed by atoms with Crippen molar-refractivity contribution in [3.8, 4) is 0 Å². The number of ether oxygens (including phenoxy) is 1. The first-order valence-electron chi connectivity index (χ1n) is 8.38. The van der Waals surface area contributed by atoms with Gasteiger partial charge < -0.3 is 20.3 Å². The fourth-order valence-electron chi connectivity index (χ4n) is 2.31. The van der Waals surface area contributed by atoms with Crippen LogP contribution in [0.1, 0.15) is 27.7 Å². The predicted molar refractivity (Wildman–Crippen MR) is 109 cm³/mol. The molecule has 0 aromatic carbocycles. The standard InChI is InChI=1S/C16H35N5O.HI/c1-7-17-15(19-13-16(3,4)22-6)18-12-14(2)21-10-8-20(5)9-11-21;/h14H,7-13H2,1-6H3,(H2,17,18,19);1H. The van der Waals surface area contributed by atoms with Crippen LogP contribution in [0.2, 0.25) is 0 Å². The van der Waals surface area contributed by atoms with Crippen LogP contribution in [0.5, 0.6) is 0 Å². The van der Waals surface area contributed by atoms with Crippen molar-refractivity contribution in [3.05, 3.63) is 0 Å². The minimum atomic E-state index is -0.231. The number of nitrogens with one attached hydrogen (secondary N) is 2. The minimum absolute atomic E-state index is 0. The normalized spacial score (nSPS) is 19.1. The molecule has 0 aromatic rings. The van der Waals surface area contributed by atoms with Gasteiger partial charge in [0, 0.05) is 52.4 Å². The molecule has 1 atom stereocenters. The van der Waals surface area contributed by atoms with Gasteiger partial charge in [-0.2, -0.15) is 0 Å². The molecule has 2 N–H and O–H groups in total. The van der Waals surface area contributed by atoms with Gasteiger partial charge in [0.2, 0.25) is 0 Å². The Morgan fingerprint density at radius 2 is 1.83 bits per heavy atom. The third-order valence-corrected chi connectivity index (χ3v) is 4.24. The molecule has 0 aromatic heterocycles. The molecule has 23 heavy (non-hydrogen) atoms. The van der Waals surface area contributed by atoms with Crippen molar-refractivity contribution < 1.29 is 4.74 Å². The van der Waals surface area contributed by atoms with E-state index in [2.05, 4.69) is 46.3 Å². The van der Waals surface area contributed by atoms with E-state index in [9.17, 15) is 0 Å². The Morgan fingerprint density at radius 1 is 1.22 bits per heavy atom. The maximum atomic E-state index is 5.42. The van der Waals surface area contributed by atoms with E-state index in [4.69, 9.17) is 4.74 Å². The number of nitrogens with zero attached hydrogens (tertiary/aromatic N) is 3. The van der Waals surface area contributed by atoms with Crippen molar-refractivity contribution in [3.63, 3.8) is 0 Å². The first-order chi connectivity index (χ1) is 10.4. The summed E-state index contributed by atoms with van der Waals surface area (Å²) in [4.78, 5) is 9.55. The summed E-state index contributed by atoms with van der Waals surface area (Å²) in [5.41, 5.74) is -0.231. The summed E-state index contributed by atoms with van der Waals surface area (Å²) in [6.07, 6.45) is 0. The summed E-state index contributed by atoms with van der Waals surface area (Å²) in [6.45, 7) is 15.5. The second-order valence-electron chi connectivity index (χ2n) is 6.73. The van der Waals surface area contributed by atoms with Crippen LogP contribution in [-0.4, -0.2) is 87.4 Å². The first-order valence-corrected chi connectivity index (χ1v) is 8.38. The van der Waals surface area contributed by atoms with Crippen LogP contribution in [0, 0.1) is 0 Å². The molecule has 6 nitrogen and oxygen atoms in total. The quantitative estimate of drug-likeness (QED) is 0.354. The van der Waals surface area contributed by atoms with Gasteiger partial charge in [-0.1, -0.05) is 0 Å². The van der Waals surface area contributed by atoms with E-state index in [0.29, 0.717) is 12.6 Å². The van der Waals surface area contributed by atoms with Gasteiger partial charge in [-0.3, -0.25) is 9.89 Å². The lowest BCUT2D eigenvalue weighted by atomic mass is 10.1. The highest BCUT2D eigenvalue weighted by Crippen LogP contribution is 2.07. The van der Waals surface area contributed by atoms with Crippen molar-refractivity contribution in [1.82, 2.24) is 20.4 Å². The highest BCUT2D eigenvalue weighted by atomic mass is 127. The van der Waals surface area contributed by atoms with Gasteiger partial charge in [-0.05, 0) is 34.7 Å². The van der Waals surface area contributed by atoms with Gasteiger partial charge in [0.1, 0.15) is 0 Å². The zero-order chi connectivity index (χ0) is 16.6. The minimum Gasteiger partial charge on any atom is -0.377 e. The molecule has 138 valence electrons. The van der Waals surface area contributed by atoms with E-state index in [1.54, 1.807) is 7.11 Å². The Morgan fingerprint density at radius 3 is 2.35 bits per heavy atom. The van der Waals surface area contributed by atoms with Crippen LogP contribution in [0.25, 0.3) is 0 Å². The lowest BCUT2D eigenvalue weighted by molar-refractivity contribution is 0.0310. The second kappa shape index (κ2) is 11.4. The van der Waals surface area contributed by atoms with Crippen molar-refractivity contribution >= 4 is 29.9 Å². The van der Waals surface area contributed by atoms with Crippen molar-refractivity contribution in [2.45, 2.75) is 39.3 Å². The van der Waals surface area contributed by atoms with Crippen molar-refractivity contribution in [1.29, 1.82) is 0 Å². The third kappa shape index (κ3) is 9.07. The molecular weight excluding hydrogens is 405 g/mol. The van der Waals surface area contributed by atoms with E-state index in [1.165, 1.54) is 0 Å². The van der Waals surface area contributed by atoms with Crippen LogP contribution in [0.15, 0.2) is 4.99 Å². The van der Waals surface area contributed by atoms with Gasteiger partial charge in [-0.25, -0.2) is 0 Å². The number of guanidine groups is 1. The zero-order valence-electron chi connectivity index (χ0n) is 15.7. The molecule has 0 spiro atoms. The van der Waals surface area contributed by atoms with Crippen LogP contribution >= 0.6 is 24.0 Å². The number of aliphatic imine (C=N–C) groups is 1. The summed E-state index contributed by atoms with van der Waals surface area (Å²) in [6, 6.07) is 0.507. The highest BCUT2D eigenvalue weighted by Gasteiger charge is 2.19. The summed E-state index contributed by atoms with van der Waals surface area (Å²) in [5.74, 6) is 0.869. The van der Waals surface area contributed by atoms with Gasteiger partial charge in [0.25, 0.3) is 0 Å². The first kappa shape index (κ1) is 22.9. The Kier molecular flexibility index (Phi) is 11.4. The molecule has 0 radical (unpaired) electrons. The van der Waals surface area contributed by atoms with E-state index < -0.39 is 0 Å². The van der Waals surface area contributed by atoms with Gasteiger partial charge in [0.05, 0.1) is 12.1 Å². The van der Waals surface area contributed by atoms with E-state index in [-0.39, 0.29) is 29.6 Å². The number of methoxy groups -OCH3 is 1. The van der Waals surface area contributed by atoms with Crippen LogP contribution in [0.3, 0.4) is 0 Å².